The van der Waals surface area contributed by atoms with Crippen molar-refractivity contribution in [1.82, 2.24) is 4.90 Å². The Kier molecular flexibility index (Phi) is 7.58. The highest BCUT2D eigenvalue weighted by Gasteiger charge is 2.11. The lowest BCUT2D eigenvalue weighted by Crippen LogP contribution is -2.27. The first-order valence-electron chi connectivity index (χ1n) is 8.00. The molecule has 21 heavy (non-hydrogen) atoms. The molecule has 1 N–H and O–H groups in total. The number of hydrogen-bond acceptors (Lipinski definition) is 3. The lowest BCUT2D eigenvalue weighted by molar-refractivity contribution is 0.233. The quantitative estimate of drug-likeness (QED) is 0.737. The van der Waals surface area contributed by atoms with Crippen molar-refractivity contribution in [3.8, 4) is 11.5 Å². The number of methoxy groups -OCH3 is 1. The fourth-order valence-corrected chi connectivity index (χ4v) is 2.21. The molecule has 0 bridgehead atoms. The highest BCUT2D eigenvalue weighted by molar-refractivity contribution is 5.39. The molecule has 0 radical (unpaired) electrons. The van der Waals surface area contributed by atoms with Gasteiger partial charge < -0.3 is 9.84 Å². The minimum absolute atomic E-state index is 0.356. The van der Waals surface area contributed by atoms with Gasteiger partial charge in [0.2, 0.25) is 0 Å². The zero-order valence-electron chi connectivity index (χ0n) is 14.2. The van der Waals surface area contributed by atoms with Crippen LogP contribution in [0.5, 0.6) is 11.5 Å². The number of phenolic OH excluding ortho intramolecular Hbond substituents is 1. The smallest absolute Gasteiger partial charge is 0.120 e. The van der Waals surface area contributed by atoms with E-state index in [2.05, 4.69) is 32.6 Å². The van der Waals surface area contributed by atoms with Gasteiger partial charge in [-0.25, -0.2) is 0 Å². The molecule has 0 atom stereocenters. The maximum atomic E-state index is 10.1. The Morgan fingerprint density at radius 2 is 1.62 bits per heavy atom. The summed E-state index contributed by atoms with van der Waals surface area (Å²) in [6.45, 7) is 11.9. The van der Waals surface area contributed by atoms with Gasteiger partial charge in [-0.3, -0.25) is 4.90 Å². The van der Waals surface area contributed by atoms with Gasteiger partial charge in [0, 0.05) is 12.1 Å². The summed E-state index contributed by atoms with van der Waals surface area (Å²) in [6, 6.07) is 5.45. The van der Waals surface area contributed by atoms with E-state index >= 15 is 0 Å². The fourth-order valence-electron chi connectivity index (χ4n) is 2.21. The van der Waals surface area contributed by atoms with E-state index in [0.717, 1.165) is 30.9 Å². The minimum Gasteiger partial charge on any atom is -0.508 e. The number of rotatable bonds is 9. The number of nitrogens with zero attached hydrogens (tertiary/aromatic N) is 1. The van der Waals surface area contributed by atoms with Gasteiger partial charge in [-0.05, 0) is 56.0 Å². The van der Waals surface area contributed by atoms with Crippen LogP contribution in [0.2, 0.25) is 0 Å². The van der Waals surface area contributed by atoms with Crippen LogP contribution in [0.25, 0.3) is 0 Å². The lowest BCUT2D eigenvalue weighted by atomic mass is 10.1. The molecule has 1 rings (SSSR count). The molecule has 1 aromatic carbocycles. The van der Waals surface area contributed by atoms with Crippen molar-refractivity contribution in [3.05, 3.63) is 23.8 Å². The monoisotopic (exact) mass is 293 g/mol. The van der Waals surface area contributed by atoms with Crippen LogP contribution in [-0.2, 0) is 6.54 Å². The maximum absolute atomic E-state index is 10.1. The maximum Gasteiger partial charge on any atom is 0.120 e. The first-order valence-corrected chi connectivity index (χ1v) is 8.00. The van der Waals surface area contributed by atoms with E-state index in [-0.39, 0.29) is 0 Å². The summed E-state index contributed by atoms with van der Waals surface area (Å²) < 4.78 is 5.26. The zero-order valence-corrected chi connectivity index (χ0v) is 14.2. The average molecular weight is 293 g/mol. The van der Waals surface area contributed by atoms with Crippen LogP contribution in [0.4, 0.5) is 0 Å². The number of ether oxygens (including phenoxy) is 1. The van der Waals surface area contributed by atoms with Crippen molar-refractivity contribution < 1.29 is 9.84 Å². The van der Waals surface area contributed by atoms with E-state index in [0.29, 0.717) is 17.6 Å². The SMILES string of the molecule is COc1ccc(O)c(CN(CCC(C)C)CCC(C)C)c1. The second-order valence-corrected chi connectivity index (χ2v) is 6.64. The van der Waals surface area contributed by atoms with Gasteiger partial charge in [0.15, 0.2) is 0 Å². The second-order valence-electron chi connectivity index (χ2n) is 6.64. The van der Waals surface area contributed by atoms with E-state index in [4.69, 9.17) is 4.74 Å². The Labute approximate surface area is 129 Å². The number of aromatic hydroxyl groups is 1. The Morgan fingerprint density at radius 3 is 2.10 bits per heavy atom. The molecule has 120 valence electrons. The van der Waals surface area contributed by atoms with Crippen LogP contribution in [0.1, 0.15) is 46.1 Å². The fraction of sp³-hybridized carbons (Fsp3) is 0.667. The third-order valence-corrected chi connectivity index (χ3v) is 3.73. The molecule has 0 aliphatic rings. The molecule has 0 amide bonds. The molecule has 0 spiro atoms. The third kappa shape index (κ3) is 6.85. The van der Waals surface area contributed by atoms with Crippen molar-refractivity contribution in [1.29, 1.82) is 0 Å². The van der Waals surface area contributed by atoms with E-state index < -0.39 is 0 Å². The Bertz CT molecular complexity index is 404. The van der Waals surface area contributed by atoms with Gasteiger partial charge in [0.25, 0.3) is 0 Å². The highest BCUT2D eigenvalue weighted by Crippen LogP contribution is 2.24. The predicted octanol–water partition coefficient (Wildman–Crippen LogP) is 4.30. The molecule has 0 unspecified atom stereocenters. The van der Waals surface area contributed by atoms with Crippen LogP contribution in [0.3, 0.4) is 0 Å². The van der Waals surface area contributed by atoms with Crippen molar-refractivity contribution in [2.75, 3.05) is 20.2 Å². The minimum atomic E-state index is 0.356. The summed E-state index contributed by atoms with van der Waals surface area (Å²) in [4.78, 5) is 2.44. The standard InChI is InChI=1S/C18H31NO2/c1-14(2)8-10-19(11-9-15(3)4)13-16-12-17(21-5)6-7-18(16)20/h6-7,12,14-15,20H,8-11,13H2,1-5H3. The molecule has 0 saturated carbocycles. The first-order chi connectivity index (χ1) is 9.92. The molecular weight excluding hydrogens is 262 g/mol. The van der Waals surface area contributed by atoms with Gasteiger partial charge in [0.1, 0.15) is 11.5 Å². The van der Waals surface area contributed by atoms with Crippen LogP contribution in [-0.4, -0.2) is 30.2 Å². The van der Waals surface area contributed by atoms with Crippen molar-refractivity contribution in [3.63, 3.8) is 0 Å². The normalized spacial score (nSPS) is 11.6. The average Bonchev–Trinajstić information content (AvgIpc) is 2.43. The van der Waals surface area contributed by atoms with Gasteiger partial charge >= 0.3 is 0 Å². The molecule has 0 aliphatic carbocycles. The van der Waals surface area contributed by atoms with Gasteiger partial charge in [-0.15, -0.1) is 0 Å². The Morgan fingerprint density at radius 1 is 1.05 bits per heavy atom. The molecule has 0 aliphatic heterocycles. The summed E-state index contributed by atoms with van der Waals surface area (Å²) in [6.07, 6.45) is 2.37. The van der Waals surface area contributed by atoms with E-state index in [1.54, 1.807) is 19.2 Å². The molecular formula is C18H31NO2. The van der Waals surface area contributed by atoms with Crippen LogP contribution < -0.4 is 4.74 Å². The van der Waals surface area contributed by atoms with Crippen molar-refractivity contribution in [2.24, 2.45) is 11.8 Å². The summed E-state index contributed by atoms with van der Waals surface area (Å²) >= 11 is 0. The number of phenols is 1. The molecule has 1 aromatic rings. The third-order valence-electron chi connectivity index (χ3n) is 3.73. The lowest BCUT2D eigenvalue weighted by Gasteiger charge is -2.24. The summed E-state index contributed by atoms with van der Waals surface area (Å²) in [5.41, 5.74) is 0.946. The second kappa shape index (κ2) is 8.93. The number of hydrogen-bond donors (Lipinski definition) is 1. The summed E-state index contributed by atoms with van der Waals surface area (Å²) in [5, 5.41) is 10.1. The molecule has 0 fully saturated rings. The molecule has 3 nitrogen and oxygen atoms in total. The van der Waals surface area contributed by atoms with Crippen molar-refractivity contribution in [2.45, 2.75) is 47.1 Å². The summed E-state index contributed by atoms with van der Waals surface area (Å²) in [5.74, 6) is 2.56. The zero-order chi connectivity index (χ0) is 15.8. The highest BCUT2D eigenvalue weighted by atomic mass is 16.5. The van der Waals surface area contributed by atoms with Crippen LogP contribution >= 0.6 is 0 Å². The summed E-state index contributed by atoms with van der Waals surface area (Å²) in [7, 11) is 1.66. The molecule has 0 saturated heterocycles. The van der Waals surface area contributed by atoms with Crippen LogP contribution in [0.15, 0.2) is 18.2 Å². The number of benzene rings is 1. The Balaban J connectivity index is 2.73. The largest absolute Gasteiger partial charge is 0.508 e. The van der Waals surface area contributed by atoms with Gasteiger partial charge in [-0.2, -0.15) is 0 Å². The molecule has 0 aromatic heterocycles. The van der Waals surface area contributed by atoms with Crippen molar-refractivity contribution >= 4 is 0 Å². The van der Waals surface area contributed by atoms with Gasteiger partial charge in [-0.1, -0.05) is 27.7 Å². The predicted molar refractivity (Wildman–Crippen MR) is 88.8 cm³/mol. The van der Waals surface area contributed by atoms with E-state index in [1.165, 1.54) is 12.8 Å². The van der Waals surface area contributed by atoms with Crippen LogP contribution in [0, 0.1) is 11.8 Å². The van der Waals surface area contributed by atoms with Gasteiger partial charge in [0.05, 0.1) is 7.11 Å². The Hall–Kier alpha value is -1.22. The molecule has 3 heteroatoms. The topological polar surface area (TPSA) is 32.7 Å². The van der Waals surface area contributed by atoms with E-state index in [9.17, 15) is 5.11 Å². The first kappa shape index (κ1) is 17.8. The van der Waals surface area contributed by atoms with E-state index in [1.807, 2.05) is 6.07 Å². The molecule has 0 heterocycles.